The lowest BCUT2D eigenvalue weighted by Gasteiger charge is -2.18. The second-order valence-electron chi connectivity index (χ2n) is 5.56. The number of hydrogen-bond acceptors (Lipinski definition) is 4. The molecule has 1 amide bonds. The van der Waals surface area contributed by atoms with Gasteiger partial charge in [-0.25, -0.2) is 5.01 Å². The van der Waals surface area contributed by atoms with Gasteiger partial charge in [0.15, 0.2) is 0 Å². The Morgan fingerprint density at radius 2 is 2.09 bits per heavy atom. The van der Waals surface area contributed by atoms with Crippen molar-refractivity contribution in [1.82, 2.24) is 9.91 Å². The Hall–Kier alpha value is -1.69. The highest BCUT2D eigenvalue weighted by Crippen LogP contribution is 2.22. The van der Waals surface area contributed by atoms with Crippen LogP contribution in [-0.2, 0) is 11.3 Å². The second-order valence-corrected chi connectivity index (χ2v) is 7.36. The molecule has 23 heavy (non-hydrogen) atoms. The van der Waals surface area contributed by atoms with Gasteiger partial charge < -0.3 is 0 Å². The summed E-state index contributed by atoms with van der Waals surface area (Å²) >= 11 is 7.48. The predicted octanol–water partition coefficient (Wildman–Crippen LogP) is 3.47. The van der Waals surface area contributed by atoms with E-state index in [4.69, 9.17) is 11.6 Å². The number of rotatable bonds is 5. The first-order chi connectivity index (χ1) is 11.1. The topological polar surface area (TPSA) is 35.9 Å². The first kappa shape index (κ1) is 16.2. The molecule has 0 saturated carbocycles. The minimum absolute atomic E-state index is 0.0288. The molecule has 0 fully saturated rings. The summed E-state index contributed by atoms with van der Waals surface area (Å²) in [5, 5.41) is 6.06. The summed E-state index contributed by atoms with van der Waals surface area (Å²) in [5.41, 5.74) is 2.07. The molecule has 0 aliphatic carbocycles. The van der Waals surface area contributed by atoms with Gasteiger partial charge in [0.2, 0.25) is 0 Å². The van der Waals surface area contributed by atoms with E-state index in [1.54, 1.807) is 16.3 Å². The molecule has 0 unspecified atom stereocenters. The maximum atomic E-state index is 12.4. The van der Waals surface area contributed by atoms with Gasteiger partial charge in [0.25, 0.3) is 5.91 Å². The molecule has 0 atom stereocenters. The highest BCUT2D eigenvalue weighted by molar-refractivity contribution is 7.16. The number of nitrogens with zero attached hydrogens (tertiary/aromatic N) is 3. The van der Waals surface area contributed by atoms with Crippen LogP contribution in [0.3, 0.4) is 0 Å². The highest BCUT2D eigenvalue weighted by Gasteiger charge is 2.22. The molecule has 0 spiro atoms. The first-order valence-corrected chi connectivity index (χ1v) is 8.67. The molecule has 0 radical (unpaired) electrons. The van der Waals surface area contributed by atoms with Crippen LogP contribution in [0.4, 0.5) is 0 Å². The zero-order valence-electron chi connectivity index (χ0n) is 12.9. The molecule has 4 nitrogen and oxygen atoms in total. The Labute approximate surface area is 145 Å². The number of likely N-dealkylation sites (N-methyl/N-ethyl adjacent to an activating group) is 1. The van der Waals surface area contributed by atoms with E-state index in [1.807, 2.05) is 54.4 Å². The van der Waals surface area contributed by atoms with Gasteiger partial charge in [-0.1, -0.05) is 41.9 Å². The summed E-state index contributed by atoms with van der Waals surface area (Å²) in [7, 11) is 1.93. The molecule has 2 heterocycles. The summed E-state index contributed by atoms with van der Waals surface area (Å²) < 4.78 is 0.774. The van der Waals surface area contributed by atoms with Gasteiger partial charge in [0.1, 0.15) is 0 Å². The Balaban J connectivity index is 1.57. The van der Waals surface area contributed by atoms with E-state index >= 15 is 0 Å². The first-order valence-electron chi connectivity index (χ1n) is 7.48. The molecule has 1 aromatic heterocycles. The Morgan fingerprint density at radius 3 is 2.78 bits per heavy atom. The number of halogens is 1. The number of hydrogen-bond donors (Lipinski definition) is 0. The summed E-state index contributed by atoms with van der Waals surface area (Å²) in [6, 6.07) is 13.9. The van der Waals surface area contributed by atoms with E-state index < -0.39 is 0 Å². The van der Waals surface area contributed by atoms with Gasteiger partial charge in [-0.15, -0.1) is 11.3 Å². The fourth-order valence-electron chi connectivity index (χ4n) is 2.54. The molecular weight excluding hydrogens is 330 g/mol. The van der Waals surface area contributed by atoms with Crippen LogP contribution in [0, 0.1) is 0 Å². The second kappa shape index (κ2) is 7.25. The zero-order chi connectivity index (χ0) is 16.2. The third kappa shape index (κ3) is 4.19. The lowest BCUT2D eigenvalue weighted by molar-refractivity contribution is -0.131. The molecule has 0 saturated heterocycles. The zero-order valence-corrected chi connectivity index (χ0v) is 14.5. The fraction of sp³-hybridized carbons (Fsp3) is 0.294. The van der Waals surface area contributed by atoms with Crippen LogP contribution in [0.5, 0.6) is 0 Å². The maximum absolute atomic E-state index is 12.4. The van der Waals surface area contributed by atoms with Crippen molar-refractivity contribution in [2.75, 3.05) is 20.1 Å². The van der Waals surface area contributed by atoms with E-state index in [-0.39, 0.29) is 5.91 Å². The molecule has 6 heteroatoms. The van der Waals surface area contributed by atoms with Crippen molar-refractivity contribution in [3.8, 4) is 0 Å². The van der Waals surface area contributed by atoms with Crippen LogP contribution in [-0.4, -0.2) is 41.7 Å². The van der Waals surface area contributed by atoms with E-state index in [0.29, 0.717) is 19.6 Å². The normalized spacial score (nSPS) is 14.4. The smallest absolute Gasteiger partial charge is 0.256 e. The number of amides is 1. The maximum Gasteiger partial charge on any atom is 0.256 e. The third-order valence-corrected chi connectivity index (χ3v) is 4.87. The van der Waals surface area contributed by atoms with E-state index in [2.05, 4.69) is 5.10 Å². The number of carbonyl (C=O) groups excluding carboxylic acids is 1. The Kier molecular flexibility index (Phi) is 5.10. The van der Waals surface area contributed by atoms with Gasteiger partial charge in [0, 0.05) is 17.8 Å². The molecule has 1 aliphatic heterocycles. The largest absolute Gasteiger partial charge is 0.292 e. The van der Waals surface area contributed by atoms with Gasteiger partial charge in [-0.2, -0.15) is 5.10 Å². The van der Waals surface area contributed by atoms with Crippen molar-refractivity contribution < 1.29 is 4.79 Å². The monoisotopic (exact) mass is 347 g/mol. The third-order valence-electron chi connectivity index (χ3n) is 3.66. The van der Waals surface area contributed by atoms with Crippen molar-refractivity contribution in [2.45, 2.75) is 13.0 Å². The van der Waals surface area contributed by atoms with Crippen LogP contribution in [0.2, 0.25) is 4.34 Å². The van der Waals surface area contributed by atoms with Crippen molar-refractivity contribution in [1.29, 1.82) is 0 Å². The van der Waals surface area contributed by atoms with Crippen molar-refractivity contribution in [2.24, 2.45) is 5.10 Å². The summed E-state index contributed by atoms with van der Waals surface area (Å²) in [5.74, 6) is 0.0288. The number of hydrazone groups is 1. The molecule has 1 aromatic carbocycles. The Bertz CT molecular complexity index is 714. The molecular formula is C17H18ClN3OS. The van der Waals surface area contributed by atoms with Gasteiger partial charge >= 0.3 is 0 Å². The molecule has 3 rings (SSSR count). The summed E-state index contributed by atoms with van der Waals surface area (Å²) in [6.45, 7) is 1.72. The van der Waals surface area contributed by atoms with Crippen LogP contribution < -0.4 is 0 Å². The highest BCUT2D eigenvalue weighted by atomic mass is 35.5. The Morgan fingerprint density at radius 1 is 1.30 bits per heavy atom. The molecule has 120 valence electrons. The van der Waals surface area contributed by atoms with Gasteiger partial charge in [-0.3, -0.25) is 9.69 Å². The van der Waals surface area contributed by atoms with Crippen molar-refractivity contribution in [3.05, 3.63) is 57.2 Å². The standard InChI is InChI=1S/C17H18ClN3OS/c1-20(11-14-7-8-16(18)23-14)12-17(22)21-10-9-15(19-21)13-5-3-2-4-6-13/h2-8H,9-12H2,1H3. The minimum Gasteiger partial charge on any atom is -0.292 e. The van der Waals surface area contributed by atoms with E-state index in [0.717, 1.165) is 26.9 Å². The molecule has 0 bridgehead atoms. The van der Waals surface area contributed by atoms with Crippen LogP contribution in [0.15, 0.2) is 47.6 Å². The molecule has 2 aromatic rings. The fourth-order valence-corrected chi connectivity index (χ4v) is 3.71. The van der Waals surface area contributed by atoms with Crippen molar-refractivity contribution in [3.63, 3.8) is 0 Å². The van der Waals surface area contributed by atoms with Crippen LogP contribution in [0.25, 0.3) is 0 Å². The minimum atomic E-state index is 0.0288. The van der Waals surface area contributed by atoms with E-state index in [9.17, 15) is 4.79 Å². The number of carbonyl (C=O) groups is 1. The average Bonchev–Trinajstić information content (AvgIpc) is 3.17. The lowest BCUT2D eigenvalue weighted by atomic mass is 10.1. The lowest BCUT2D eigenvalue weighted by Crippen LogP contribution is -2.34. The van der Waals surface area contributed by atoms with Crippen LogP contribution in [0.1, 0.15) is 16.9 Å². The van der Waals surface area contributed by atoms with Gasteiger partial charge in [0.05, 0.1) is 23.1 Å². The summed E-state index contributed by atoms with van der Waals surface area (Å²) in [4.78, 5) is 15.5. The van der Waals surface area contributed by atoms with Gasteiger partial charge in [-0.05, 0) is 24.7 Å². The van der Waals surface area contributed by atoms with E-state index in [1.165, 1.54) is 0 Å². The SMILES string of the molecule is CN(CC(=O)N1CCC(c2ccccc2)=N1)Cc1ccc(Cl)s1. The summed E-state index contributed by atoms with van der Waals surface area (Å²) in [6.07, 6.45) is 0.806. The predicted molar refractivity (Wildman–Crippen MR) is 95.0 cm³/mol. The van der Waals surface area contributed by atoms with Crippen molar-refractivity contribution >= 4 is 34.6 Å². The number of thiophene rings is 1. The average molecular weight is 348 g/mol. The molecule has 1 aliphatic rings. The number of benzene rings is 1. The van der Waals surface area contributed by atoms with Crippen LogP contribution >= 0.6 is 22.9 Å². The molecule has 0 N–H and O–H groups in total. The quantitative estimate of drug-likeness (QED) is 0.830.